The van der Waals surface area contributed by atoms with E-state index in [1.165, 1.54) is 11.3 Å². The molecule has 0 bridgehead atoms. The van der Waals surface area contributed by atoms with Gasteiger partial charge in [-0.25, -0.2) is 4.79 Å². The molecule has 1 aliphatic heterocycles. The van der Waals surface area contributed by atoms with Crippen molar-refractivity contribution in [2.24, 2.45) is 0 Å². The first-order valence-corrected chi connectivity index (χ1v) is 11.2. The van der Waals surface area contributed by atoms with Crippen molar-refractivity contribution in [3.8, 4) is 6.07 Å². The monoisotopic (exact) mass is 446 g/mol. The van der Waals surface area contributed by atoms with Crippen LogP contribution in [0.5, 0.6) is 0 Å². The molecule has 0 saturated heterocycles. The normalized spacial score (nSPS) is 12.5. The van der Waals surface area contributed by atoms with E-state index in [2.05, 4.69) is 16.4 Å². The Morgan fingerprint density at radius 1 is 1.19 bits per heavy atom. The van der Waals surface area contributed by atoms with Crippen LogP contribution in [0.25, 0.3) is 0 Å². The second-order valence-corrected chi connectivity index (χ2v) is 8.51. The fourth-order valence-corrected chi connectivity index (χ4v) is 4.80. The Balaban J connectivity index is 1.37. The third-order valence-electron chi connectivity index (χ3n) is 5.23. The number of pyridine rings is 1. The van der Waals surface area contributed by atoms with Crippen LogP contribution in [0.1, 0.15) is 33.7 Å². The van der Waals surface area contributed by atoms with Gasteiger partial charge in [-0.1, -0.05) is 36.4 Å². The predicted octanol–water partition coefficient (Wildman–Crippen LogP) is 4.28. The number of rotatable bonds is 6. The van der Waals surface area contributed by atoms with Crippen molar-refractivity contribution in [3.63, 3.8) is 0 Å². The van der Waals surface area contributed by atoms with Gasteiger partial charge in [0.2, 0.25) is 5.91 Å². The largest absolute Gasteiger partial charge is 0.443 e. The molecule has 2 amide bonds. The number of hydrogen-bond donors (Lipinski definition) is 1. The van der Waals surface area contributed by atoms with Crippen LogP contribution in [0, 0.1) is 11.3 Å². The van der Waals surface area contributed by atoms with Gasteiger partial charge in [0.15, 0.2) is 0 Å². The molecule has 4 rings (SSSR count). The van der Waals surface area contributed by atoms with Gasteiger partial charge in [-0.2, -0.15) is 5.26 Å². The van der Waals surface area contributed by atoms with Gasteiger partial charge in [0.25, 0.3) is 0 Å². The van der Waals surface area contributed by atoms with Gasteiger partial charge >= 0.3 is 6.09 Å². The molecule has 0 atom stereocenters. The summed E-state index contributed by atoms with van der Waals surface area (Å²) in [4.78, 5) is 31.6. The van der Waals surface area contributed by atoms with E-state index in [1.54, 1.807) is 23.2 Å². The third kappa shape index (κ3) is 5.13. The average molecular weight is 447 g/mol. The fraction of sp³-hybridized carbons (Fsp3) is 0.250. The SMILES string of the molecule is N#Cc1c(NC(=O)CCc2ccccc2)sc2c1CCN(C(=O)OCc1ccccn1)C2. The quantitative estimate of drug-likeness (QED) is 0.610. The number of nitriles is 1. The van der Waals surface area contributed by atoms with Crippen LogP contribution < -0.4 is 5.32 Å². The van der Waals surface area contributed by atoms with Crippen LogP contribution in [0.15, 0.2) is 54.7 Å². The highest BCUT2D eigenvalue weighted by Crippen LogP contribution is 2.37. The van der Waals surface area contributed by atoms with Crippen LogP contribution in [-0.2, 0) is 35.5 Å². The summed E-state index contributed by atoms with van der Waals surface area (Å²) in [6.07, 6.45) is 2.76. The van der Waals surface area contributed by atoms with Crippen LogP contribution >= 0.6 is 11.3 Å². The number of nitrogens with zero attached hydrogens (tertiary/aromatic N) is 3. The first-order chi connectivity index (χ1) is 15.6. The number of fused-ring (bicyclic) bond motifs is 1. The van der Waals surface area contributed by atoms with E-state index in [-0.39, 0.29) is 12.5 Å². The molecule has 0 fully saturated rings. The molecular formula is C24H22N4O3S. The molecule has 1 aromatic carbocycles. The number of anilines is 1. The first-order valence-electron chi connectivity index (χ1n) is 10.3. The summed E-state index contributed by atoms with van der Waals surface area (Å²) < 4.78 is 5.38. The predicted molar refractivity (Wildman–Crippen MR) is 121 cm³/mol. The molecule has 3 heterocycles. The maximum atomic E-state index is 12.5. The van der Waals surface area contributed by atoms with Crippen molar-refractivity contribution in [3.05, 3.63) is 82.0 Å². The lowest BCUT2D eigenvalue weighted by Crippen LogP contribution is -2.35. The first kappa shape index (κ1) is 21.5. The number of nitrogens with one attached hydrogen (secondary N) is 1. The third-order valence-corrected chi connectivity index (χ3v) is 6.37. The smallest absolute Gasteiger partial charge is 0.410 e. The van der Waals surface area contributed by atoms with Crippen molar-refractivity contribution in [2.75, 3.05) is 11.9 Å². The molecule has 0 spiro atoms. The fourth-order valence-electron chi connectivity index (χ4n) is 3.57. The Hall–Kier alpha value is -3.70. The highest BCUT2D eigenvalue weighted by molar-refractivity contribution is 7.16. The average Bonchev–Trinajstić information content (AvgIpc) is 3.18. The molecule has 1 aliphatic rings. The van der Waals surface area contributed by atoms with Crippen molar-refractivity contribution < 1.29 is 14.3 Å². The number of thiophene rings is 1. The second-order valence-electron chi connectivity index (χ2n) is 7.40. The van der Waals surface area contributed by atoms with Crippen LogP contribution in [-0.4, -0.2) is 28.4 Å². The molecular weight excluding hydrogens is 424 g/mol. The molecule has 0 aliphatic carbocycles. The number of aryl methyl sites for hydroxylation is 1. The number of aromatic nitrogens is 1. The minimum Gasteiger partial charge on any atom is -0.443 e. The van der Waals surface area contributed by atoms with Crippen LogP contribution in [0.3, 0.4) is 0 Å². The van der Waals surface area contributed by atoms with E-state index in [9.17, 15) is 14.9 Å². The number of carbonyl (C=O) groups is 2. The summed E-state index contributed by atoms with van der Waals surface area (Å²) >= 11 is 1.36. The number of benzene rings is 1. The molecule has 7 nitrogen and oxygen atoms in total. The highest BCUT2D eigenvalue weighted by Gasteiger charge is 2.28. The minimum atomic E-state index is -0.415. The minimum absolute atomic E-state index is 0.111. The lowest BCUT2D eigenvalue weighted by molar-refractivity contribution is -0.116. The zero-order valence-corrected chi connectivity index (χ0v) is 18.2. The molecule has 3 aromatic rings. The standard InChI is InChI=1S/C24H22N4O3S/c25-14-20-19-11-13-28(24(30)31-16-18-8-4-5-12-26-18)15-21(19)32-23(20)27-22(29)10-9-17-6-2-1-3-7-17/h1-8,12H,9-11,13,15-16H2,(H,27,29). The number of amides is 2. The molecule has 0 saturated carbocycles. The Labute approximate surface area is 190 Å². The van der Waals surface area contributed by atoms with Gasteiger partial charge < -0.3 is 15.0 Å². The van der Waals surface area contributed by atoms with E-state index in [1.807, 2.05) is 36.4 Å². The summed E-state index contributed by atoms with van der Waals surface area (Å²) in [5, 5.41) is 13.1. The van der Waals surface area contributed by atoms with Gasteiger partial charge in [-0.05, 0) is 36.1 Å². The Morgan fingerprint density at radius 3 is 2.75 bits per heavy atom. The van der Waals surface area contributed by atoms with Crippen molar-refractivity contribution >= 4 is 28.3 Å². The summed E-state index contributed by atoms with van der Waals surface area (Å²) in [6, 6.07) is 17.5. The van der Waals surface area contributed by atoms with Crippen molar-refractivity contribution in [2.45, 2.75) is 32.4 Å². The molecule has 162 valence electrons. The topological polar surface area (TPSA) is 95.3 Å². The zero-order valence-electron chi connectivity index (χ0n) is 17.4. The summed E-state index contributed by atoms with van der Waals surface area (Å²) in [6.45, 7) is 0.927. The molecule has 0 unspecified atom stereocenters. The van der Waals surface area contributed by atoms with E-state index >= 15 is 0 Å². The van der Waals surface area contributed by atoms with Gasteiger partial charge in [-0.3, -0.25) is 9.78 Å². The van der Waals surface area contributed by atoms with Crippen molar-refractivity contribution in [1.82, 2.24) is 9.88 Å². The lowest BCUT2D eigenvalue weighted by Gasteiger charge is -2.26. The van der Waals surface area contributed by atoms with Gasteiger partial charge in [0.05, 0.1) is 17.8 Å². The van der Waals surface area contributed by atoms with Gasteiger partial charge in [0.1, 0.15) is 17.7 Å². The van der Waals surface area contributed by atoms with E-state index in [4.69, 9.17) is 4.74 Å². The van der Waals surface area contributed by atoms with Gasteiger partial charge in [0, 0.05) is 24.0 Å². The number of carbonyl (C=O) groups excluding carboxylic acids is 2. The second kappa shape index (κ2) is 10.1. The van der Waals surface area contributed by atoms with E-state index in [0.29, 0.717) is 48.6 Å². The molecule has 0 radical (unpaired) electrons. The zero-order chi connectivity index (χ0) is 22.3. The Bertz CT molecular complexity index is 1140. The van der Waals surface area contributed by atoms with Crippen molar-refractivity contribution in [1.29, 1.82) is 5.26 Å². The van der Waals surface area contributed by atoms with Crippen LogP contribution in [0.4, 0.5) is 9.80 Å². The Morgan fingerprint density at radius 2 is 2.00 bits per heavy atom. The molecule has 2 aromatic heterocycles. The molecule has 1 N–H and O–H groups in total. The summed E-state index contributed by atoms with van der Waals surface area (Å²) in [5.74, 6) is -0.129. The molecule has 32 heavy (non-hydrogen) atoms. The lowest BCUT2D eigenvalue weighted by atomic mass is 10.0. The summed E-state index contributed by atoms with van der Waals surface area (Å²) in [7, 11) is 0. The Kier molecular flexibility index (Phi) is 6.78. The maximum Gasteiger partial charge on any atom is 0.410 e. The van der Waals surface area contributed by atoms with Crippen LogP contribution in [0.2, 0.25) is 0 Å². The van der Waals surface area contributed by atoms with E-state index in [0.717, 1.165) is 16.0 Å². The van der Waals surface area contributed by atoms with Gasteiger partial charge in [-0.15, -0.1) is 11.3 Å². The summed E-state index contributed by atoms with van der Waals surface area (Å²) in [5.41, 5.74) is 3.18. The number of ether oxygens (including phenoxy) is 1. The maximum absolute atomic E-state index is 12.5. The highest BCUT2D eigenvalue weighted by atomic mass is 32.1. The number of hydrogen-bond acceptors (Lipinski definition) is 6. The molecule has 8 heteroatoms. The van der Waals surface area contributed by atoms with E-state index < -0.39 is 6.09 Å².